The lowest BCUT2D eigenvalue weighted by molar-refractivity contribution is 0.0359. The minimum absolute atomic E-state index is 0.148. The highest BCUT2D eigenvalue weighted by molar-refractivity contribution is 4.93. The number of unbranched alkanes of at least 4 members (excludes halogenated alkanes) is 3. The fourth-order valence-corrected chi connectivity index (χ4v) is 6.51. The first-order chi connectivity index (χ1) is 13.8. The van der Waals surface area contributed by atoms with Crippen molar-refractivity contribution < 1.29 is 9.13 Å². The van der Waals surface area contributed by atoms with Crippen molar-refractivity contribution in [3.63, 3.8) is 0 Å². The molecular formula is C26H45FO. The van der Waals surface area contributed by atoms with Crippen molar-refractivity contribution in [1.82, 2.24) is 0 Å². The van der Waals surface area contributed by atoms with Crippen LogP contribution in [0.1, 0.15) is 103 Å². The fourth-order valence-electron chi connectivity index (χ4n) is 6.51. The van der Waals surface area contributed by atoms with Gasteiger partial charge >= 0.3 is 0 Å². The van der Waals surface area contributed by atoms with Gasteiger partial charge in [-0.15, -0.1) is 0 Å². The van der Waals surface area contributed by atoms with E-state index in [-0.39, 0.29) is 6.67 Å². The summed E-state index contributed by atoms with van der Waals surface area (Å²) < 4.78 is 17.7. The van der Waals surface area contributed by atoms with Gasteiger partial charge in [-0.1, -0.05) is 18.6 Å². The second kappa shape index (κ2) is 12.4. The molecular weight excluding hydrogens is 347 g/mol. The summed E-state index contributed by atoms with van der Waals surface area (Å²) in [5, 5.41) is 0. The minimum Gasteiger partial charge on any atom is -0.381 e. The predicted molar refractivity (Wildman–Crippen MR) is 117 cm³/mol. The largest absolute Gasteiger partial charge is 0.381 e. The van der Waals surface area contributed by atoms with E-state index in [4.69, 9.17) is 4.74 Å². The van der Waals surface area contributed by atoms with Crippen LogP contribution >= 0.6 is 0 Å². The van der Waals surface area contributed by atoms with Crippen LogP contribution in [0.4, 0.5) is 4.39 Å². The minimum atomic E-state index is -0.148. The molecule has 0 radical (unpaired) electrons. The normalized spacial score (nSPS) is 37.4. The van der Waals surface area contributed by atoms with Gasteiger partial charge in [-0.25, -0.2) is 0 Å². The van der Waals surface area contributed by atoms with E-state index in [0.29, 0.717) is 6.10 Å². The molecule has 3 fully saturated rings. The number of hydrogen-bond acceptors (Lipinski definition) is 1. The van der Waals surface area contributed by atoms with Crippen molar-refractivity contribution in [2.45, 2.75) is 109 Å². The summed E-state index contributed by atoms with van der Waals surface area (Å²) in [4.78, 5) is 0. The first kappa shape index (κ1) is 22.3. The average molecular weight is 393 g/mol. The Morgan fingerprint density at radius 1 is 0.679 bits per heavy atom. The van der Waals surface area contributed by atoms with Gasteiger partial charge in [-0.3, -0.25) is 4.39 Å². The van der Waals surface area contributed by atoms with E-state index in [1.54, 1.807) is 0 Å². The molecule has 0 saturated heterocycles. The maximum Gasteiger partial charge on any atom is 0.0894 e. The Labute approximate surface area is 173 Å². The summed E-state index contributed by atoms with van der Waals surface area (Å²) in [7, 11) is 1.88. The first-order valence-electron chi connectivity index (χ1n) is 12.6. The molecule has 0 N–H and O–H groups in total. The third-order valence-corrected chi connectivity index (χ3v) is 8.43. The Bertz CT molecular complexity index is 424. The van der Waals surface area contributed by atoms with Gasteiger partial charge in [0.2, 0.25) is 0 Å². The third kappa shape index (κ3) is 6.85. The molecule has 3 aliphatic rings. The maximum absolute atomic E-state index is 12.1. The standard InChI is InChI=1S/C26H45FO/c1-28-26-18-16-25(17-19-26)24-14-12-23(13-15-24)22-10-8-21(9-11-22)7-5-3-2-4-6-20-27/h5,7,21-26H,2-4,6,8-20H2,1H3/t21-,22-,23-,24-,25-,26-. The van der Waals surface area contributed by atoms with Crippen LogP contribution in [-0.2, 0) is 4.74 Å². The third-order valence-electron chi connectivity index (χ3n) is 8.43. The highest BCUT2D eigenvalue weighted by Gasteiger charge is 2.34. The zero-order valence-electron chi connectivity index (χ0n) is 18.4. The molecule has 0 bridgehead atoms. The van der Waals surface area contributed by atoms with Crippen LogP contribution in [0.15, 0.2) is 12.2 Å². The van der Waals surface area contributed by atoms with Crippen LogP contribution in [0.25, 0.3) is 0 Å². The van der Waals surface area contributed by atoms with Crippen molar-refractivity contribution in [3.05, 3.63) is 12.2 Å². The molecule has 3 saturated carbocycles. The van der Waals surface area contributed by atoms with Crippen molar-refractivity contribution in [2.75, 3.05) is 13.8 Å². The van der Waals surface area contributed by atoms with E-state index in [9.17, 15) is 4.39 Å². The molecule has 162 valence electrons. The van der Waals surface area contributed by atoms with Gasteiger partial charge in [-0.2, -0.15) is 0 Å². The smallest absolute Gasteiger partial charge is 0.0894 e. The molecule has 0 aromatic heterocycles. The van der Waals surface area contributed by atoms with Crippen LogP contribution in [0, 0.1) is 29.6 Å². The number of halogens is 1. The molecule has 0 amide bonds. The molecule has 0 aromatic rings. The molecule has 3 aliphatic carbocycles. The monoisotopic (exact) mass is 392 g/mol. The van der Waals surface area contributed by atoms with Gasteiger partial charge in [0.15, 0.2) is 0 Å². The number of alkyl halides is 1. The zero-order chi connectivity index (χ0) is 19.6. The fraction of sp³-hybridized carbons (Fsp3) is 0.923. The summed E-state index contributed by atoms with van der Waals surface area (Å²) in [6, 6.07) is 0. The summed E-state index contributed by atoms with van der Waals surface area (Å²) in [6.45, 7) is -0.148. The van der Waals surface area contributed by atoms with Crippen molar-refractivity contribution in [3.8, 4) is 0 Å². The Balaban J connectivity index is 1.29. The van der Waals surface area contributed by atoms with E-state index in [1.807, 2.05) is 7.11 Å². The molecule has 0 unspecified atom stereocenters. The number of ether oxygens (including phenoxy) is 1. The van der Waals surface area contributed by atoms with Crippen LogP contribution < -0.4 is 0 Å². The number of allylic oxidation sites excluding steroid dienone is 2. The Morgan fingerprint density at radius 2 is 1.18 bits per heavy atom. The van der Waals surface area contributed by atoms with Crippen LogP contribution in [0.3, 0.4) is 0 Å². The predicted octanol–water partition coefficient (Wildman–Crippen LogP) is 7.89. The Hall–Kier alpha value is -0.370. The second-order valence-corrected chi connectivity index (χ2v) is 10.1. The SMILES string of the molecule is CO[C@H]1CC[C@H]([C@H]2CC[C@H]([C@H]3CC[C@H](C=CCCCCCF)CC3)CC2)CC1. The summed E-state index contributed by atoms with van der Waals surface area (Å²) in [5.41, 5.74) is 0. The van der Waals surface area contributed by atoms with E-state index in [1.165, 1.54) is 77.0 Å². The number of hydrogen-bond donors (Lipinski definition) is 0. The summed E-state index contributed by atoms with van der Waals surface area (Å²) >= 11 is 0. The van der Waals surface area contributed by atoms with Crippen molar-refractivity contribution >= 4 is 0 Å². The Morgan fingerprint density at radius 3 is 1.68 bits per heavy atom. The molecule has 28 heavy (non-hydrogen) atoms. The zero-order valence-corrected chi connectivity index (χ0v) is 18.4. The molecule has 3 rings (SSSR count). The van der Waals surface area contributed by atoms with Crippen LogP contribution in [0.5, 0.6) is 0 Å². The number of methoxy groups -OCH3 is 1. The van der Waals surface area contributed by atoms with Gasteiger partial charge in [0.25, 0.3) is 0 Å². The summed E-state index contributed by atoms with van der Waals surface area (Å²) in [6.07, 6.45) is 26.7. The first-order valence-corrected chi connectivity index (χ1v) is 12.6. The molecule has 0 aliphatic heterocycles. The van der Waals surface area contributed by atoms with Gasteiger partial charge in [0.1, 0.15) is 0 Å². The van der Waals surface area contributed by atoms with Crippen LogP contribution in [-0.4, -0.2) is 19.9 Å². The maximum atomic E-state index is 12.1. The molecule has 2 heteroatoms. The molecule has 1 nitrogen and oxygen atoms in total. The van der Waals surface area contributed by atoms with Crippen molar-refractivity contribution in [1.29, 1.82) is 0 Å². The summed E-state index contributed by atoms with van der Waals surface area (Å²) in [5.74, 6) is 4.88. The van der Waals surface area contributed by atoms with Crippen LogP contribution in [0.2, 0.25) is 0 Å². The topological polar surface area (TPSA) is 9.23 Å². The molecule has 0 atom stereocenters. The van der Waals surface area contributed by atoms with Gasteiger partial charge in [0.05, 0.1) is 12.8 Å². The van der Waals surface area contributed by atoms with Gasteiger partial charge in [-0.05, 0) is 126 Å². The van der Waals surface area contributed by atoms with E-state index in [2.05, 4.69) is 12.2 Å². The lowest BCUT2D eigenvalue weighted by atomic mass is 9.65. The second-order valence-electron chi connectivity index (χ2n) is 10.1. The van der Waals surface area contributed by atoms with Gasteiger partial charge in [0, 0.05) is 7.11 Å². The van der Waals surface area contributed by atoms with Crippen molar-refractivity contribution in [2.24, 2.45) is 29.6 Å². The van der Waals surface area contributed by atoms with Gasteiger partial charge < -0.3 is 4.74 Å². The highest BCUT2D eigenvalue weighted by atomic mass is 19.1. The molecule has 0 spiro atoms. The number of rotatable bonds is 9. The highest BCUT2D eigenvalue weighted by Crippen LogP contribution is 2.45. The van der Waals surface area contributed by atoms with E-state index >= 15 is 0 Å². The Kier molecular flexibility index (Phi) is 9.85. The lowest BCUT2D eigenvalue weighted by Crippen LogP contribution is -2.30. The van der Waals surface area contributed by atoms with E-state index < -0.39 is 0 Å². The average Bonchev–Trinajstić information content (AvgIpc) is 2.77. The lowest BCUT2D eigenvalue weighted by Gasteiger charge is -2.41. The molecule has 0 aromatic carbocycles. The quantitative estimate of drug-likeness (QED) is 0.286. The molecule has 0 heterocycles. The van der Waals surface area contributed by atoms with E-state index in [0.717, 1.165) is 55.3 Å².